The molecule has 1 aromatic rings. The number of nitrogens with one attached hydrogen (secondary N) is 1. The predicted molar refractivity (Wildman–Crippen MR) is 108 cm³/mol. The number of alkyl carbamates (subject to hydrolysis) is 1. The van der Waals surface area contributed by atoms with Gasteiger partial charge in [-0.2, -0.15) is 13.2 Å². The molecule has 0 aromatic heterocycles. The summed E-state index contributed by atoms with van der Waals surface area (Å²) in [7, 11) is 0. The molecule has 1 unspecified atom stereocenters. The number of thioether (sulfide) groups is 1. The van der Waals surface area contributed by atoms with Crippen LogP contribution in [0, 0.1) is 5.92 Å². The fourth-order valence-corrected chi connectivity index (χ4v) is 4.77. The number of carbonyl (C=O) groups is 2. The zero-order valence-corrected chi connectivity index (χ0v) is 17.3. The molecular formula is C20H26F3N3O3S. The van der Waals surface area contributed by atoms with E-state index in [0.29, 0.717) is 18.7 Å². The molecule has 0 spiro atoms. The Hall–Kier alpha value is -1.94. The fourth-order valence-electron chi connectivity index (χ4n) is 3.82. The highest BCUT2D eigenvalue weighted by molar-refractivity contribution is 7.99. The molecule has 10 heteroatoms. The Morgan fingerprint density at radius 3 is 2.63 bits per heavy atom. The highest BCUT2D eigenvalue weighted by atomic mass is 32.2. The Balaban J connectivity index is 1.40. The van der Waals surface area contributed by atoms with Crippen LogP contribution in [-0.2, 0) is 22.3 Å². The van der Waals surface area contributed by atoms with Crippen molar-refractivity contribution >= 4 is 23.8 Å². The number of amides is 2. The van der Waals surface area contributed by atoms with Gasteiger partial charge < -0.3 is 20.7 Å². The number of nitrogens with zero attached hydrogens (tertiary/aromatic N) is 1. The van der Waals surface area contributed by atoms with Gasteiger partial charge in [-0.05, 0) is 49.3 Å². The monoisotopic (exact) mass is 445 g/mol. The predicted octanol–water partition coefficient (Wildman–Crippen LogP) is 3.35. The zero-order chi connectivity index (χ0) is 21.7. The smallest absolute Gasteiger partial charge is 0.416 e. The standard InChI is InChI=1S/C20H26F3N3O3S/c21-20(22,23)15-3-1-2-13(10-15)11-29-19(28)25-16-6-4-14(5-7-16)17(24)18(27)26-8-9-30-12-26/h1-3,10,14,16-17H,4-9,11-12,24H2,(H,25,28). The van der Waals surface area contributed by atoms with Gasteiger partial charge in [0.1, 0.15) is 6.61 Å². The normalized spacial score (nSPS) is 23.1. The molecule has 1 aliphatic carbocycles. The molecule has 1 aromatic carbocycles. The van der Waals surface area contributed by atoms with Crippen LogP contribution in [0.25, 0.3) is 0 Å². The van der Waals surface area contributed by atoms with Crippen molar-refractivity contribution in [2.45, 2.75) is 50.6 Å². The van der Waals surface area contributed by atoms with Crippen molar-refractivity contribution in [3.8, 4) is 0 Å². The topological polar surface area (TPSA) is 84.7 Å². The summed E-state index contributed by atoms with van der Waals surface area (Å²) in [5, 5.41) is 2.75. The Kier molecular flexibility index (Phi) is 7.51. The van der Waals surface area contributed by atoms with Crippen LogP contribution in [0.1, 0.15) is 36.8 Å². The zero-order valence-electron chi connectivity index (χ0n) is 16.5. The van der Waals surface area contributed by atoms with E-state index in [1.165, 1.54) is 12.1 Å². The number of benzene rings is 1. The number of hydrogen-bond acceptors (Lipinski definition) is 5. The third-order valence-electron chi connectivity index (χ3n) is 5.58. The van der Waals surface area contributed by atoms with Crippen molar-refractivity contribution in [1.82, 2.24) is 10.2 Å². The van der Waals surface area contributed by atoms with Crippen molar-refractivity contribution in [3.63, 3.8) is 0 Å². The number of nitrogens with two attached hydrogens (primary N) is 1. The van der Waals surface area contributed by atoms with E-state index >= 15 is 0 Å². The molecule has 2 fully saturated rings. The van der Waals surface area contributed by atoms with E-state index in [9.17, 15) is 22.8 Å². The van der Waals surface area contributed by atoms with Crippen molar-refractivity contribution in [1.29, 1.82) is 0 Å². The molecule has 30 heavy (non-hydrogen) atoms. The highest BCUT2D eigenvalue weighted by Crippen LogP contribution is 2.30. The lowest BCUT2D eigenvalue weighted by Crippen LogP contribution is -2.49. The van der Waals surface area contributed by atoms with E-state index in [4.69, 9.17) is 10.5 Å². The second-order valence-corrected chi connectivity index (χ2v) is 8.77. The van der Waals surface area contributed by atoms with E-state index in [1.807, 2.05) is 0 Å². The summed E-state index contributed by atoms with van der Waals surface area (Å²) in [5.74, 6) is 1.72. The third-order valence-corrected chi connectivity index (χ3v) is 6.54. The summed E-state index contributed by atoms with van der Waals surface area (Å²) in [6.07, 6.45) is -2.28. The number of halogens is 3. The first-order valence-electron chi connectivity index (χ1n) is 9.95. The molecular weight excluding hydrogens is 419 g/mol. The van der Waals surface area contributed by atoms with E-state index in [0.717, 1.165) is 37.3 Å². The van der Waals surface area contributed by atoms with E-state index in [1.54, 1.807) is 16.7 Å². The summed E-state index contributed by atoms with van der Waals surface area (Å²) in [5.41, 5.74) is 5.68. The average Bonchev–Trinajstić information content (AvgIpc) is 3.26. The number of alkyl halides is 3. The molecule has 6 nitrogen and oxygen atoms in total. The van der Waals surface area contributed by atoms with Crippen LogP contribution in [0.5, 0.6) is 0 Å². The largest absolute Gasteiger partial charge is 0.445 e. The van der Waals surface area contributed by atoms with E-state index in [2.05, 4.69) is 5.32 Å². The maximum Gasteiger partial charge on any atom is 0.416 e. The van der Waals surface area contributed by atoms with Crippen molar-refractivity contribution in [2.24, 2.45) is 11.7 Å². The van der Waals surface area contributed by atoms with Gasteiger partial charge in [0.05, 0.1) is 17.5 Å². The minimum atomic E-state index is -4.44. The lowest BCUT2D eigenvalue weighted by molar-refractivity contribution is -0.137. The molecule has 166 valence electrons. The summed E-state index contributed by atoms with van der Waals surface area (Å²) in [4.78, 5) is 26.3. The lowest BCUT2D eigenvalue weighted by atomic mass is 9.81. The van der Waals surface area contributed by atoms with Crippen LogP contribution in [0.15, 0.2) is 24.3 Å². The Morgan fingerprint density at radius 1 is 1.27 bits per heavy atom. The van der Waals surface area contributed by atoms with E-state index < -0.39 is 23.9 Å². The lowest BCUT2D eigenvalue weighted by Gasteiger charge is -2.33. The first kappa shape index (κ1) is 22.7. The quantitative estimate of drug-likeness (QED) is 0.726. The Labute approximate surface area is 177 Å². The molecule has 1 saturated carbocycles. The van der Waals surface area contributed by atoms with Crippen molar-refractivity contribution in [3.05, 3.63) is 35.4 Å². The summed E-state index contributed by atoms with van der Waals surface area (Å²) in [6, 6.07) is 4.09. The first-order valence-corrected chi connectivity index (χ1v) is 11.1. The van der Waals surface area contributed by atoms with Gasteiger partial charge >= 0.3 is 12.3 Å². The SMILES string of the molecule is NC(C(=O)N1CCSC1)C1CCC(NC(=O)OCc2cccc(C(F)(F)F)c2)CC1. The van der Waals surface area contributed by atoms with Crippen LogP contribution in [0.4, 0.5) is 18.0 Å². The van der Waals surface area contributed by atoms with Crippen LogP contribution in [0.2, 0.25) is 0 Å². The Bertz CT molecular complexity index is 748. The Morgan fingerprint density at radius 2 is 2.00 bits per heavy atom. The number of carbonyl (C=O) groups excluding carboxylic acids is 2. The summed E-state index contributed by atoms with van der Waals surface area (Å²) >= 11 is 1.72. The van der Waals surface area contributed by atoms with Crippen molar-refractivity contribution in [2.75, 3.05) is 18.2 Å². The number of rotatable bonds is 5. The van der Waals surface area contributed by atoms with Gasteiger partial charge in [-0.3, -0.25) is 4.79 Å². The summed E-state index contributed by atoms with van der Waals surface area (Å²) in [6.45, 7) is 0.504. The molecule has 1 atom stereocenters. The van der Waals surface area contributed by atoms with Gasteiger partial charge in [0, 0.05) is 18.3 Å². The molecule has 3 rings (SSSR count). The van der Waals surface area contributed by atoms with Crippen LogP contribution in [0.3, 0.4) is 0 Å². The van der Waals surface area contributed by atoms with Crippen LogP contribution >= 0.6 is 11.8 Å². The summed E-state index contributed by atoms with van der Waals surface area (Å²) < 4.78 is 43.3. The fraction of sp³-hybridized carbons (Fsp3) is 0.600. The second kappa shape index (κ2) is 9.91. The average molecular weight is 446 g/mol. The van der Waals surface area contributed by atoms with Gasteiger partial charge in [0.15, 0.2) is 0 Å². The van der Waals surface area contributed by atoms with Gasteiger partial charge in [-0.15, -0.1) is 11.8 Å². The van der Waals surface area contributed by atoms with Crippen LogP contribution < -0.4 is 11.1 Å². The maximum absolute atomic E-state index is 12.7. The minimum absolute atomic E-state index is 0.00286. The maximum atomic E-state index is 12.7. The van der Waals surface area contributed by atoms with E-state index in [-0.39, 0.29) is 30.0 Å². The van der Waals surface area contributed by atoms with Gasteiger partial charge in [-0.1, -0.05) is 12.1 Å². The molecule has 0 radical (unpaired) electrons. The molecule has 2 amide bonds. The molecule has 1 aliphatic heterocycles. The van der Waals surface area contributed by atoms with Gasteiger partial charge in [0.2, 0.25) is 5.91 Å². The molecule has 0 bridgehead atoms. The third kappa shape index (κ3) is 6.04. The first-order chi connectivity index (χ1) is 14.2. The second-order valence-electron chi connectivity index (χ2n) is 7.70. The molecule has 3 N–H and O–H groups in total. The molecule has 2 aliphatic rings. The van der Waals surface area contributed by atoms with Crippen LogP contribution in [-0.4, -0.2) is 47.2 Å². The minimum Gasteiger partial charge on any atom is -0.445 e. The van der Waals surface area contributed by atoms with Gasteiger partial charge in [0.25, 0.3) is 0 Å². The number of hydrogen-bond donors (Lipinski definition) is 2. The van der Waals surface area contributed by atoms with Crippen molar-refractivity contribution < 1.29 is 27.5 Å². The highest BCUT2D eigenvalue weighted by Gasteiger charge is 2.33. The molecule has 1 heterocycles. The van der Waals surface area contributed by atoms with Gasteiger partial charge in [-0.25, -0.2) is 4.79 Å². The number of ether oxygens (including phenoxy) is 1. The molecule has 1 saturated heterocycles.